The molecule has 1 aliphatic rings. The van der Waals surface area contributed by atoms with Crippen LogP contribution in [0.25, 0.3) is 0 Å². The van der Waals surface area contributed by atoms with E-state index in [4.69, 9.17) is 9.47 Å². The zero-order valence-electron chi connectivity index (χ0n) is 15.0. The molecule has 0 unspecified atom stereocenters. The fourth-order valence-corrected chi connectivity index (χ4v) is 2.88. The lowest BCUT2D eigenvalue weighted by molar-refractivity contribution is -0.117. The van der Waals surface area contributed by atoms with Gasteiger partial charge in [-0.05, 0) is 18.2 Å². The Balaban J connectivity index is 1.50. The Morgan fingerprint density at radius 2 is 1.77 bits per heavy atom. The quantitative estimate of drug-likeness (QED) is 0.833. The van der Waals surface area contributed by atoms with E-state index in [-0.39, 0.29) is 5.91 Å². The van der Waals surface area contributed by atoms with Crippen LogP contribution >= 0.6 is 0 Å². The van der Waals surface area contributed by atoms with Crippen molar-refractivity contribution in [3.8, 4) is 11.5 Å². The number of carbonyl (C=O) groups is 1. The van der Waals surface area contributed by atoms with Gasteiger partial charge in [0.15, 0.2) is 11.5 Å². The van der Waals surface area contributed by atoms with Crippen molar-refractivity contribution in [3.05, 3.63) is 36.7 Å². The summed E-state index contributed by atoms with van der Waals surface area (Å²) >= 11 is 0. The SMILES string of the molecule is COc1ccc(NC(=O)CN2CCN(c3ncccn3)CC2)cc1OC. The van der Waals surface area contributed by atoms with Gasteiger partial charge in [0.25, 0.3) is 0 Å². The predicted molar refractivity (Wildman–Crippen MR) is 98.9 cm³/mol. The number of rotatable bonds is 6. The molecule has 0 spiro atoms. The second-order valence-corrected chi connectivity index (χ2v) is 5.93. The Morgan fingerprint density at radius 3 is 2.42 bits per heavy atom. The van der Waals surface area contributed by atoms with Crippen LogP contribution in [0, 0.1) is 0 Å². The summed E-state index contributed by atoms with van der Waals surface area (Å²) in [6.07, 6.45) is 3.48. The van der Waals surface area contributed by atoms with Gasteiger partial charge in [-0.15, -0.1) is 0 Å². The van der Waals surface area contributed by atoms with Crippen LogP contribution < -0.4 is 19.7 Å². The van der Waals surface area contributed by atoms with Crippen molar-refractivity contribution in [1.82, 2.24) is 14.9 Å². The van der Waals surface area contributed by atoms with E-state index >= 15 is 0 Å². The van der Waals surface area contributed by atoms with Crippen LogP contribution in [0.15, 0.2) is 36.7 Å². The molecule has 1 aliphatic heterocycles. The maximum absolute atomic E-state index is 12.3. The molecule has 1 saturated heterocycles. The van der Waals surface area contributed by atoms with Crippen molar-refractivity contribution in [2.75, 3.05) is 57.2 Å². The second kappa shape index (κ2) is 8.48. The van der Waals surface area contributed by atoms with Gasteiger partial charge in [-0.3, -0.25) is 9.69 Å². The summed E-state index contributed by atoms with van der Waals surface area (Å²) < 4.78 is 10.5. The largest absolute Gasteiger partial charge is 0.493 e. The van der Waals surface area contributed by atoms with Gasteiger partial charge in [-0.1, -0.05) is 0 Å². The first-order valence-electron chi connectivity index (χ1n) is 8.46. The van der Waals surface area contributed by atoms with Crippen molar-refractivity contribution >= 4 is 17.5 Å². The first-order valence-corrected chi connectivity index (χ1v) is 8.46. The van der Waals surface area contributed by atoms with E-state index in [9.17, 15) is 4.79 Å². The van der Waals surface area contributed by atoms with E-state index in [0.29, 0.717) is 23.7 Å². The number of ether oxygens (including phenoxy) is 2. The Morgan fingerprint density at radius 1 is 1.08 bits per heavy atom. The number of hydrogen-bond donors (Lipinski definition) is 1. The minimum Gasteiger partial charge on any atom is -0.493 e. The summed E-state index contributed by atoms with van der Waals surface area (Å²) in [6, 6.07) is 7.12. The van der Waals surface area contributed by atoms with Crippen molar-refractivity contribution < 1.29 is 14.3 Å². The van der Waals surface area contributed by atoms with Gasteiger partial charge >= 0.3 is 0 Å². The number of amides is 1. The number of nitrogens with one attached hydrogen (secondary N) is 1. The Kier molecular flexibility index (Phi) is 5.85. The summed E-state index contributed by atoms with van der Waals surface area (Å²) in [7, 11) is 3.15. The van der Waals surface area contributed by atoms with Gasteiger partial charge in [0.1, 0.15) is 0 Å². The molecule has 1 aromatic carbocycles. The molecule has 1 aromatic heterocycles. The van der Waals surface area contributed by atoms with E-state index in [2.05, 4.69) is 25.1 Å². The van der Waals surface area contributed by atoms with Gasteiger partial charge in [0.2, 0.25) is 11.9 Å². The summed E-state index contributed by atoms with van der Waals surface area (Å²) in [4.78, 5) is 25.1. The third-order valence-corrected chi connectivity index (χ3v) is 4.24. The molecule has 26 heavy (non-hydrogen) atoms. The highest BCUT2D eigenvalue weighted by molar-refractivity contribution is 5.92. The van der Waals surface area contributed by atoms with Crippen molar-refractivity contribution in [2.24, 2.45) is 0 Å². The molecule has 0 saturated carbocycles. The lowest BCUT2D eigenvalue weighted by Gasteiger charge is -2.34. The summed E-state index contributed by atoms with van der Waals surface area (Å²) in [6.45, 7) is 3.52. The predicted octanol–water partition coefficient (Wildman–Crippen LogP) is 1.25. The molecule has 0 atom stereocenters. The molecule has 1 N–H and O–H groups in total. The Hall–Kier alpha value is -2.87. The molecule has 2 aromatic rings. The van der Waals surface area contributed by atoms with Crippen molar-refractivity contribution in [1.29, 1.82) is 0 Å². The van der Waals surface area contributed by atoms with E-state index in [1.165, 1.54) is 0 Å². The molecule has 8 heteroatoms. The molecular formula is C18H23N5O3. The molecule has 0 bridgehead atoms. The number of anilines is 2. The van der Waals surface area contributed by atoms with Crippen LogP contribution in [0.4, 0.5) is 11.6 Å². The normalized spacial score (nSPS) is 14.8. The van der Waals surface area contributed by atoms with Gasteiger partial charge in [0.05, 0.1) is 20.8 Å². The zero-order valence-corrected chi connectivity index (χ0v) is 15.0. The minimum absolute atomic E-state index is 0.0540. The summed E-state index contributed by atoms with van der Waals surface area (Å²) in [5.41, 5.74) is 0.684. The van der Waals surface area contributed by atoms with Crippen LogP contribution in [0.3, 0.4) is 0 Å². The molecule has 8 nitrogen and oxygen atoms in total. The Labute approximate surface area is 152 Å². The van der Waals surface area contributed by atoms with Crippen LogP contribution in [-0.4, -0.2) is 67.7 Å². The molecule has 0 radical (unpaired) electrons. The van der Waals surface area contributed by atoms with E-state index in [0.717, 1.165) is 32.1 Å². The number of methoxy groups -OCH3 is 2. The number of piperazine rings is 1. The lowest BCUT2D eigenvalue weighted by Crippen LogP contribution is -2.49. The molecule has 2 heterocycles. The topological polar surface area (TPSA) is 79.8 Å². The highest BCUT2D eigenvalue weighted by Gasteiger charge is 2.20. The third-order valence-electron chi connectivity index (χ3n) is 4.24. The number of hydrogen-bond acceptors (Lipinski definition) is 7. The van der Waals surface area contributed by atoms with Crippen molar-refractivity contribution in [3.63, 3.8) is 0 Å². The van der Waals surface area contributed by atoms with Crippen LogP contribution in [-0.2, 0) is 4.79 Å². The maximum atomic E-state index is 12.3. The molecule has 1 amide bonds. The second-order valence-electron chi connectivity index (χ2n) is 5.93. The van der Waals surface area contributed by atoms with Crippen LogP contribution in [0.1, 0.15) is 0 Å². The highest BCUT2D eigenvalue weighted by Crippen LogP contribution is 2.29. The van der Waals surface area contributed by atoms with Gasteiger partial charge < -0.3 is 19.7 Å². The number of carbonyl (C=O) groups excluding carboxylic acids is 1. The molecule has 0 aliphatic carbocycles. The number of nitrogens with zero attached hydrogens (tertiary/aromatic N) is 4. The third kappa shape index (κ3) is 4.40. The maximum Gasteiger partial charge on any atom is 0.238 e. The van der Waals surface area contributed by atoms with Crippen LogP contribution in [0.5, 0.6) is 11.5 Å². The smallest absolute Gasteiger partial charge is 0.238 e. The average Bonchev–Trinajstić information content (AvgIpc) is 2.69. The molecule has 138 valence electrons. The van der Waals surface area contributed by atoms with Gasteiger partial charge in [-0.25, -0.2) is 9.97 Å². The van der Waals surface area contributed by atoms with E-state index in [1.54, 1.807) is 50.9 Å². The first kappa shape index (κ1) is 17.9. The van der Waals surface area contributed by atoms with Crippen molar-refractivity contribution in [2.45, 2.75) is 0 Å². The molecule has 1 fully saturated rings. The summed E-state index contributed by atoms with van der Waals surface area (Å²) in [5, 5.41) is 2.90. The standard InChI is InChI=1S/C18H23N5O3/c1-25-15-5-4-14(12-16(15)26-2)21-17(24)13-22-8-10-23(11-9-22)18-19-6-3-7-20-18/h3-7,12H,8-11,13H2,1-2H3,(H,21,24). The van der Waals surface area contributed by atoms with Gasteiger partial charge in [0, 0.05) is 50.3 Å². The molecular weight excluding hydrogens is 334 g/mol. The van der Waals surface area contributed by atoms with E-state index < -0.39 is 0 Å². The van der Waals surface area contributed by atoms with Crippen LogP contribution in [0.2, 0.25) is 0 Å². The lowest BCUT2D eigenvalue weighted by atomic mass is 10.2. The number of aromatic nitrogens is 2. The van der Waals surface area contributed by atoms with Gasteiger partial charge in [-0.2, -0.15) is 0 Å². The number of benzene rings is 1. The zero-order chi connectivity index (χ0) is 18.4. The van der Waals surface area contributed by atoms with E-state index in [1.807, 2.05) is 0 Å². The fourth-order valence-electron chi connectivity index (χ4n) is 2.88. The monoisotopic (exact) mass is 357 g/mol. The average molecular weight is 357 g/mol. The highest BCUT2D eigenvalue weighted by atomic mass is 16.5. The summed E-state index contributed by atoms with van der Waals surface area (Å²) in [5.74, 6) is 1.90. The minimum atomic E-state index is -0.0540. The Bertz CT molecular complexity index is 733. The fraction of sp³-hybridized carbons (Fsp3) is 0.389. The first-order chi connectivity index (χ1) is 12.7. The molecule has 3 rings (SSSR count).